The van der Waals surface area contributed by atoms with Gasteiger partial charge in [0.25, 0.3) is 0 Å². The smallest absolute Gasteiger partial charge is 0.401 e. The molecule has 9 heteroatoms. The monoisotopic (exact) mass is 311 g/mol. The van der Waals surface area contributed by atoms with Gasteiger partial charge in [0.05, 0.1) is 13.7 Å². The van der Waals surface area contributed by atoms with Crippen LogP contribution in [0.1, 0.15) is 12.8 Å². The number of esters is 1. The summed E-state index contributed by atoms with van der Waals surface area (Å²) in [5.41, 5.74) is -1.40. The summed E-state index contributed by atoms with van der Waals surface area (Å²) >= 11 is 0. The second-order valence-electron chi connectivity index (χ2n) is 5.21. The number of ether oxygens (including phenoxy) is 1. The number of piperidine rings is 1. The van der Waals surface area contributed by atoms with Crippen LogP contribution in [0.5, 0.6) is 0 Å². The minimum atomic E-state index is -4.42. The van der Waals surface area contributed by atoms with Crippen LogP contribution < -0.4 is 5.32 Å². The lowest BCUT2D eigenvalue weighted by Gasteiger charge is -2.41. The van der Waals surface area contributed by atoms with Gasteiger partial charge in [0.15, 0.2) is 0 Å². The Morgan fingerprint density at radius 2 is 1.81 bits per heavy atom. The first-order valence-corrected chi connectivity index (χ1v) is 6.48. The second kappa shape index (κ2) is 6.50. The molecule has 2 amide bonds. The first-order chi connectivity index (χ1) is 9.61. The number of urea groups is 1. The van der Waals surface area contributed by atoms with Crippen LogP contribution in [0.3, 0.4) is 0 Å². The number of nitrogens with zero attached hydrogens (tertiary/aromatic N) is 2. The number of nitrogens with one attached hydrogen (secondary N) is 1. The van der Waals surface area contributed by atoms with Crippen molar-refractivity contribution in [3.05, 3.63) is 0 Å². The minimum Gasteiger partial charge on any atom is -0.468 e. The Morgan fingerprint density at radius 1 is 1.29 bits per heavy atom. The maximum atomic E-state index is 12.4. The Bertz CT molecular complexity index is 391. The van der Waals surface area contributed by atoms with Gasteiger partial charge in [0.2, 0.25) is 0 Å². The van der Waals surface area contributed by atoms with Gasteiger partial charge in [-0.05, 0) is 12.8 Å². The average molecular weight is 311 g/mol. The van der Waals surface area contributed by atoms with Crippen molar-refractivity contribution in [2.75, 3.05) is 40.8 Å². The molecule has 0 aliphatic carbocycles. The molecule has 1 fully saturated rings. The third kappa shape index (κ3) is 4.48. The maximum absolute atomic E-state index is 12.4. The summed E-state index contributed by atoms with van der Waals surface area (Å²) in [6.45, 7) is -0.891. The second-order valence-corrected chi connectivity index (χ2v) is 5.21. The molecule has 0 unspecified atom stereocenters. The Morgan fingerprint density at radius 3 is 2.19 bits per heavy atom. The molecule has 122 valence electrons. The molecule has 0 radical (unpaired) electrons. The Hall–Kier alpha value is -1.51. The standard InChI is InChI=1S/C12H20F3N3O3/c1-17(2)10(20)18-6-4-11(5-7-18,9(19)21-3)16-8-12(13,14)15/h16H,4-8H2,1-3H3. The number of rotatable bonds is 3. The van der Waals surface area contributed by atoms with E-state index in [0.29, 0.717) is 0 Å². The summed E-state index contributed by atoms with van der Waals surface area (Å²) in [4.78, 5) is 26.5. The highest BCUT2D eigenvalue weighted by molar-refractivity contribution is 5.82. The number of likely N-dealkylation sites (tertiary alicyclic amines) is 1. The van der Waals surface area contributed by atoms with Gasteiger partial charge >= 0.3 is 18.2 Å². The van der Waals surface area contributed by atoms with E-state index in [9.17, 15) is 22.8 Å². The van der Waals surface area contributed by atoms with E-state index in [1.807, 2.05) is 0 Å². The lowest BCUT2D eigenvalue weighted by Crippen LogP contribution is -2.61. The van der Waals surface area contributed by atoms with E-state index in [0.717, 1.165) is 7.11 Å². The van der Waals surface area contributed by atoms with E-state index in [2.05, 4.69) is 10.1 Å². The van der Waals surface area contributed by atoms with E-state index in [-0.39, 0.29) is 32.0 Å². The molecule has 1 saturated heterocycles. The zero-order valence-electron chi connectivity index (χ0n) is 12.3. The third-order valence-corrected chi connectivity index (χ3v) is 3.47. The van der Waals surface area contributed by atoms with E-state index in [4.69, 9.17) is 0 Å². The SMILES string of the molecule is COC(=O)C1(NCC(F)(F)F)CCN(C(=O)N(C)C)CC1. The van der Waals surface area contributed by atoms with Crippen LogP contribution in [-0.4, -0.2) is 74.4 Å². The lowest BCUT2D eigenvalue weighted by molar-refractivity contribution is -0.156. The normalized spacial score (nSPS) is 18.3. The molecule has 1 heterocycles. The van der Waals surface area contributed by atoms with Crippen molar-refractivity contribution < 1.29 is 27.5 Å². The molecule has 0 atom stereocenters. The van der Waals surface area contributed by atoms with Gasteiger partial charge in [-0.15, -0.1) is 0 Å². The van der Waals surface area contributed by atoms with Gasteiger partial charge in [-0.1, -0.05) is 0 Å². The fraction of sp³-hybridized carbons (Fsp3) is 0.833. The molecule has 1 N–H and O–H groups in total. The summed E-state index contributed by atoms with van der Waals surface area (Å²) in [6, 6.07) is -0.232. The zero-order valence-corrected chi connectivity index (χ0v) is 12.3. The molecule has 0 spiro atoms. The number of methoxy groups -OCH3 is 1. The first kappa shape index (κ1) is 17.5. The van der Waals surface area contributed by atoms with E-state index in [1.54, 1.807) is 14.1 Å². The molecule has 0 bridgehead atoms. The van der Waals surface area contributed by atoms with Crippen LogP contribution in [0.15, 0.2) is 0 Å². The molecule has 0 saturated carbocycles. The molecule has 1 aliphatic heterocycles. The van der Waals surface area contributed by atoms with Gasteiger partial charge < -0.3 is 14.5 Å². The van der Waals surface area contributed by atoms with E-state index in [1.165, 1.54) is 9.80 Å². The van der Waals surface area contributed by atoms with Crippen molar-refractivity contribution in [1.29, 1.82) is 0 Å². The van der Waals surface area contributed by atoms with E-state index < -0.39 is 24.2 Å². The van der Waals surface area contributed by atoms with Crippen LogP contribution in [-0.2, 0) is 9.53 Å². The van der Waals surface area contributed by atoms with Gasteiger partial charge in [0, 0.05) is 27.2 Å². The summed E-state index contributed by atoms with van der Waals surface area (Å²) in [5.74, 6) is -0.733. The number of hydrogen-bond acceptors (Lipinski definition) is 4. The molecule has 21 heavy (non-hydrogen) atoms. The van der Waals surface area contributed by atoms with Gasteiger partial charge in [0.1, 0.15) is 5.54 Å². The fourth-order valence-electron chi connectivity index (χ4n) is 2.28. The average Bonchev–Trinajstić information content (AvgIpc) is 2.43. The molecule has 0 aromatic carbocycles. The Labute approximate surface area is 121 Å². The molecule has 0 aromatic heterocycles. The molecule has 0 aromatic rings. The highest BCUT2D eigenvalue weighted by Crippen LogP contribution is 2.26. The maximum Gasteiger partial charge on any atom is 0.401 e. The summed E-state index contributed by atoms with van der Waals surface area (Å²) in [6.07, 6.45) is -4.26. The van der Waals surface area contributed by atoms with Crippen molar-refractivity contribution in [2.24, 2.45) is 0 Å². The first-order valence-electron chi connectivity index (χ1n) is 6.48. The van der Waals surface area contributed by atoms with Crippen LogP contribution in [0.25, 0.3) is 0 Å². The van der Waals surface area contributed by atoms with Crippen LogP contribution in [0.4, 0.5) is 18.0 Å². The van der Waals surface area contributed by atoms with Crippen LogP contribution >= 0.6 is 0 Å². The lowest BCUT2D eigenvalue weighted by atomic mass is 9.87. The number of carbonyl (C=O) groups is 2. The minimum absolute atomic E-state index is 0.0787. The van der Waals surface area contributed by atoms with Gasteiger partial charge in [-0.2, -0.15) is 13.2 Å². The zero-order chi connectivity index (χ0) is 16.3. The quantitative estimate of drug-likeness (QED) is 0.784. The molecular weight excluding hydrogens is 291 g/mol. The summed E-state index contributed by atoms with van der Waals surface area (Å²) < 4.78 is 41.7. The molecular formula is C12H20F3N3O3. The fourth-order valence-corrected chi connectivity index (χ4v) is 2.28. The van der Waals surface area contributed by atoms with Crippen LogP contribution in [0.2, 0.25) is 0 Å². The third-order valence-electron chi connectivity index (χ3n) is 3.47. The Balaban J connectivity index is 2.75. The van der Waals surface area contributed by atoms with Crippen molar-refractivity contribution in [3.8, 4) is 0 Å². The van der Waals surface area contributed by atoms with Gasteiger partial charge in [-0.25, -0.2) is 4.79 Å². The number of carbonyl (C=O) groups excluding carboxylic acids is 2. The number of alkyl halides is 3. The number of hydrogen-bond donors (Lipinski definition) is 1. The largest absolute Gasteiger partial charge is 0.468 e. The van der Waals surface area contributed by atoms with E-state index >= 15 is 0 Å². The van der Waals surface area contributed by atoms with Crippen molar-refractivity contribution in [1.82, 2.24) is 15.1 Å². The highest BCUT2D eigenvalue weighted by Gasteiger charge is 2.45. The predicted molar refractivity (Wildman–Crippen MR) is 68.7 cm³/mol. The molecule has 6 nitrogen and oxygen atoms in total. The van der Waals surface area contributed by atoms with Crippen molar-refractivity contribution in [3.63, 3.8) is 0 Å². The summed E-state index contributed by atoms with van der Waals surface area (Å²) in [7, 11) is 4.31. The van der Waals surface area contributed by atoms with Crippen molar-refractivity contribution in [2.45, 2.75) is 24.6 Å². The predicted octanol–water partition coefficient (Wildman–Crippen LogP) is 0.827. The summed E-state index contributed by atoms with van der Waals surface area (Å²) in [5, 5.41) is 2.26. The van der Waals surface area contributed by atoms with Gasteiger partial charge in [-0.3, -0.25) is 10.1 Å². The molecule has 1 aliphatic rings. The number of amides is 2. The Kier molecular flexibility index (Phi) is 5.43. The highest BCUT2D eigenvalue weighted by atomic mass is 19.4. The van der Waals surface area contributed by atoms with Crippen molar-refractivity contribution >= 4 is 12.0 Å². The van der Waals surface area contributed by atoms with Crippen LogP contribution in [0, 0.1) is 0 Å². The number of halogens is 3. The topological polar surface area (TPSA) is 61.9 Å². The molecule has 1 rings (SSSR count).